The van der Waals surface area contributed by atoms with Crippen LogP contribution in [0.25, 0.3) is 5.69 Å². The van der Waals surface area contributed by atoms with Crippen molar-refractivity contribution < 1.29 is 9.53 Å². The Morgan fingerprint density at radius 2 is 1.95 bits per heavy atom. The van der Waals surface area contributed by atoms with Crippen LogP contribution in [0, 0.1) is 0 Å². The predicted molar refractivity (Wildman–Crippen MR) is 79.5 cm³/mol. The molecule has 0 saturated carbocycles. The number of nitrogens with zero attached hydrogens (tertiary/aromatic N) is 4. The first-order chi connectivity index (χ1) is 9.91. The largest absolute Gasteiger partial charge is 0.415 e. The summed E-state index contributed by atoms with van der Waals surface area (Å²) in [4.78, 5) is 13.9. The van der Waals surface area contributed by atoms with Gasteiger partial charge in [0.25, 0.3) is 0 Å². The second-order valence-electron chi connectivity index (χ2n) is 5.65. The molecule has 6 heteroatoms. The SMILES string of the molecule is CCN(C(=O)Oc1cccc(-n2cnnc2)c1)C(C)(C)C. The minimum absolute atomic E-state index is 0.280. The third-order valence-electron chi connectivity index (χ3n) is 3.09. The molecule has 1 heterocycles. The molecule has 1 aromatic carbocycles. The number of hydrogen-bond acceptors (Lipinski definition) is 4. The number of benzene rings is 1. The van der Waals surface area contributed by atoms with E-state index in [1.165, 1.54) is 0 Å². The molecule has 1 aromatic heterocycles. The van der Waals surface area contributed by atoms with Crippen LogP contribution in [0.4, 0.5) is 4.79 Å². The maximum Gasteiger partial charge on any atom is 0.415 e. The molecule has 6 nitrogen and oxygen atoms in total. The zero-order valence-electron chi connectivity index (χ0n) is 12.8. The van der Waals surface area contributed by atoms with Crippen LogP contribution in [0.1, 0.15) is 27.7 Å². The highest BCUT2D eigenvalue weighted by Crippen LogP contribution is 2.20. The van der Waals surface area contributed by atoms with Crippen molar-refractivity contribution in [3.63, 3.8) is 0 Å². The lowest BCUT2D eigenvalue weighted by Crippen LogP contribution is -2.46. The van der Waals surface area contributed by atoms with Crippen molar-refractivity contribution in [3.05, 3.63) is 36.9 Å². The Morgan fingerprint density at radius 1 is 1.29 bits per heavy atom. The van der Waals surface area contributed by atoms with E-state index in [9.17, 15) is 4.79 Å². The molecule has 1 amide bonds. The van der Waals surface area contributed by atoms with Crippen LogP contribution in [0.5, 0.6) is 5.75 Å². The Labute approximate surface area is 124 Å². The molecule has 2 aromatic rings. The molecule has 0 spiro atoms. The van der Waals surface area contributed by atoms with Gasteiger partial charge >= 0.3 is 6.09 Å². The van der Waals surface area contributed by atoms with Crippen molar-refractivity contribution >= 4 is 6.09 Å². The van der Waals surface area contributed by atoms with E-state index in [1.807, 2.05) is 39.8 Å². The number of hydrogen-bond donors (Lipinski definition) is 0. The van der Waals surface area contributed by atoms with E-state index in [1.54, 1.807) is 34.3 Å². The third-order valence-corrected chi connectivity index (χ3v) is 3.09. The van der Waals surface area contributed by atoms with Gasteiger partial charge < -0.3 is 9.64 Å². The lowest BCUT2D eigenvalue weighted by molar-refractivity contribution is 0.110. The van der Waals surface area contributed by atoms with Crippen molar-refractivity contribution in [1.29, 1.82) is 0 Å². The minimum atomic E-state index is -0.356. The molecule has 0 aliphatic rings. The molecule has 0 aliphatic carbocycles. The van der Waals surface area contributed by atoms with Crippen molar-refractivity contribution in [3.8, 4) is 11.4 Å². The maximum atomic E-state index is 12.3. The van der Waals surface area contributed by atoms with Gasteiger partial charge in [-0.1, -0.05) is 6.07 Å². The van der Waals surface area contributed by atoms with Gasteiger partial charge in [-0.05, 0) is 39.8 Å². The van der Waals surface area contributed by atoms with Crippen molar-refractivity contribution in [1.82, 2.24) is 19.7 Å². The van der Waals surface area contributed by atoms with Crippen molar-refractivity contribution in [2.45, 2.75) is 33.2 Å². The van der Waals surface area contributed by atoms with Gasteiger partial charge in [-0.3, -0.25) is 4.57 Å². The normalized spacial score (nSPS) is 11.2. The van der Waals surface area contributed by atoms with Gasteiger partial charge in [0.2, 0.25) is 0 Å². The van der Waals surface area contributed by atoms with Crippen LogP contribution in [-0.2, 0) is 0 Å². The van der Waals surface area contributed by atoms with Crippen LogP contribution in [0.15, 0.2) is 36.9 Å². The molecule has 21 heavy (non-hydrogen) atoms. The van der Waals surface area contributed by atoms with Crippen LogP contribution < -0.4 is 4.74 Å². The summed E-state index contributed by atoms with van der Waals surface area (Å²) in [7, 11) is 0. The fraction of sp³-hybridized carbons (Fsp3) is 0.400. The zero-order valence-corrected chi connectivity index (χ0v) is 12.8. The van der Waals surface area contributed by atoms with Gasteiger partial charge in [-0.2, -0.15) is 0 Å². The third kappa shape index (κ3) is 3.59. The van der Waals surface area contributed by atoms with Crippen LogP contribution in [-0.4, -0.2) is 37.8 Å². The summed E-state index contributed by atoms with van der Waals surface area (Å²) in [6.07, 6.45) is 2.83. The number of carbonyl (C=O) groups is 1. The molecule has 2 rings (SSSR count). The highest BCUT2D eigenvalue weighted by molar-refractivity contribution is 5.71. The molecule has 0 saturated heterocycles. The maximum absolute atomic E-state index is 12.3. The summed E-state index contributed by atoms with van der Waals surface area (Å²) in [6.45, 7) is 8.45. The molecule has 0 aliphatic heterocycles. The molecular weight excluding hydrogens is 268 g/mol. The van der Waals surface area contributed by atoms with Gasteiger partial charge in [-0.15, -0.1) is 10.2 Å². The molecule has 0 radical (unpaired) electrons. The second-order valence-corrected chi connectivity index (χ2v) is 5.65. The minimum Gasteiger partial charge on any atom is -0.410 e. The average molecular weight is 288 g/mol. The van der Waals surface area contributed by atoms with E-state index in [2.05, 4.69) is 10.2 Å². The smallest absolute Gasteiger partial charge is 0.410 e. The number of carbonyl (C=O) groups excluding carboxylic acids is 1. The number of rotatable bonds is 3. The molecule has 0 bridgehead atoms. The van der Waals surface area contributed by atoms with E-state index in [4.69, 9.17) is 4.74 Å². The van der Waals surface area contributed by atoms with Gasteiger partial charge in [0.05, 0.1) is 5.69 Å². The summed E-state index contributed by atoms with van der Waals surface area (Å²) in [5, 5.41) is 7.52. The Balaban J connectivity index is 2.17. The van der Waals surface area contributed by atoms with E-state index in [-0.39, 0.29) is 11.6 Å². The molecule has 0 atom stereocenters. The average Bonchev–Trinajstić information content (AvgIpc) is 2.91. The Bertz CT molecular complexity index is 602. The molecule has 0 unspecified atom stereocenters. The van der Waals surface area contributed by atoms with Gasteiger partial charge in [-0.25, -0.2) is 4.79 Å². The molecular formula is C15H20N4O2. The van der Waals surface area contributed by atoms with Gasteiger partial charge in [0.15, 0.2) is 0 Å². The predicted octanol–water partition coefficient (Wildman–Crippen LogP) is 2.89. The van der Waals surface area contributed by atoms with Crippen molar-refractivity contribution in [2.24, 2.45) is 0 Å². The van der Waals surface area contributed by atoms with E-state index < -0.39 is 0 Å². The summed E-state index contributed by atoms with van der Waals surface area (Å²) in [5.74, 6) is 0.494. The first-order valence-corrected chi connectivity index (χ1v) is 6.86. The Hall–Kier alpha value is -2.37. The summed E-state index contributed by atoms with van der Waals surface area (Å²) in [6, 6.07) is 7.24. The zero-order chi connectivity index (χ0) is 15.5. The standard InChI is InChI=1S/C15H20N4O2/c1-5-19(15(2,3)4)14(20)21-13-8-6-7-12(9-13)18-10-16-17-11-18/h6-11H,5H2,1-4H3. The monoisotopic (exact) mass is 288 g/mol. The van der Waals surface area contributed by atoms with Gasteiger partial charge in [0.1, 0.15) is 18.4 Å². The number of aromatic nitrogens is 3. The van der Waals surface area contributed by atoms with Gasteiger partial charge in [0, 0.05) is 18.2 Å². The summed E-state index contributed by atoms with van der Waals surface area (Å²) in [5.41, 5.74) is 0.557. The van der Waals surface area contributed by atoms with E-state index in [0.29, 0.717) is 12.3 Å². The van der Waals surface area contributed by atoms with Crippen LogP contribution >= 0.6 is 0 Å². The molecule has 112 valence electrons. The molecule has 0 fully saturated rings. The first kappa shape index (κ1) is 15.0. The topological polar surface area (TPSA) is 60.2 Å². The lowest BCUT2D eigenvalue weighted by Gasteiger charge is -2.33. The first-order valence-electron chi connectivity index (χ1n) is 6.86. The Kier molecular flexibility index (Phi) is 4.26. The number of amides is 1. The highest BCUT2D eigenvalue weighted by Gasteiger charge is 2.26. The fourth-order valence-electron chi connectivity index (χ4n) is 2.07. The summed E-state index contributed by atoms with van der Waals surface area (Å²) >= 11 is 0. The number of ether oxygens (including phenoxy) is 1. The highest BCUT2D eigenvalue weighted by atomic mass is 16.6. The quantitative estimate of drug-likeness (QED) is 0.871. The van der Waals surface area contributed by atoms with Crippen molar-refractivity contribution in [2.75, 3.05) is 6.54 Å². The van der Waals surface area contributed by atoms with E-state index in [0.717, 1.165) is 5.69 Å². The fourth-order valence-corrected chi connectivity index (χ4v) is 2.07. The van der Waals surface area contributed by atoms with Crippen LogP contribution in [0.2, 0.25) is 0 Å². The second kappa shape index (κ2) is 5.95. The molecule has 0 N–H and O–H groups in total. The summed E-state index contributed by atoms with van der Waals surface area (Å²) < 4.78 is 7.21. The van der Waals surface area contributed by atoms with Crippen LogP contribution in [0.3, 0.4) is 0 Å². The lowest BCUT2D eigenvalue weighted by atomic mass is 10.1. The Morgan fingerprint density at radius 3 is 2.52 bits per heavy atom. The van der Waals surface area contributed by atoms with E-state index >= 15 is 0 Å².